The molecular weight excluding hydrogens is 332 g/mol. The maximum atomic E-state index is 12.4. The summed E-state index contributed by atoms with van der Waals surface area (Å²) in [5.41, 5.74) is 0.848. The highest BCUT2D eigenvalue weighted by molar-refractivity contribution is 6.31. The standard InChI is InChI=1S/C16H17ClN4O3/c1-23-14-3-2-11(17)8-13(14)15(22)20-12-9-18-16(19-10-12)21-4-6-24-7-5-21/h2-3,8-10H,4-7H2,1H3,(H,20,22). The molecule has 0 spiro atoms. The Bertz CT molecular complexity index is 718. The molecule has 7 nitrogen and oxygen atoms in total. The van der Waals surface area contributed by atoms with E-state index in [0.29, 0.717) is 41.2 Å². The van der Waals surface area contributed by atoms with Crippen molar-refractivity contribution < 1.29 is 14.3 Å². The molecule has 1 aromatic heterocycles. The van der Waals surface area contributed by atoms with Gasteiger partial charge in [-0.05, 0) is 18.2 Å². The van der Waals surface area contributed by atoms with Gasteiger partial charge in [0.15, 0.2) is 0 Å². The molecule has 24 heavy (non-hydrogen) atoms. The number of hydrogen-bond donors (Lipinski definition) is 1. The lowest BCUT2D eigenvalue weighted by Gasteiger charge is -2.26. The van der Waals surface area contributed by atoms with Crippen LogP contribution in [-0.2, 0) is 4.74 Å². The molecule has 0 radical (unpaired) electrons. The predicted octanol–water partition coefficient (Wildman–Crippen LogP) is 2.23. The zero-order chi connectivity index (χ0) is 16.9. The van der Waals surface area contributed by atoms with Crippen molar-refractivity contribution in [3.8, 4) is 5.75 Å². The molecule has 1 amide bonds. The first-order valence-corrected chi connectivity index (χ1v) is 7.85. The van der Waals surface area contributed by atoms with Crippen LogP contribution in [0, 0.1) is 0 Å². The fraction of sp³-hybridized carbons (Fsp3) is 0.312. The third-order valence-corrected chi connectivity index (χ3v) is 3.83. The molecule has 0 bridgehead atoms. The summed E-state index contributed by atoms with van der Waals surface area (Å²) in [5.74, 6) is 0.733. The highest BCUT2D eigenvalue weighted by Gasteiger charge is 2.16. The third kappa shape index (κ3) is 3.74. The lowest BCUT2D eigenvalue weighted by molar-refractivity contribution is 0.102. The zero-order valence-corrected chi connectivity index (χ0v) is 13.9. The summed E-state index contributed by atoms with van der Waals surface area (Å²) in [6, 6.07) is 4.87. The van der Waals surface area contributed by atoms with Crippen molar-refractivity contribution in [2.45, 2.75) is 0 Å². The normalized spacial score (nSPS) is 14.3. The molecule has 8 heteroatoms. The van der Waals surface area contributed by atoms with E-state index < -0.39 is 0 Å². The van der Waals surface area contributed by atoms with Crippen LogP contribution >= 0.6 is 11.6 Å². The second-order valence-corrected chi connectivity index (χ2v) is 5.61. The maximum absolute atomic E-state index is 12.4. The van der Waals surface area contributed by atoms with Gasteiger partial charge in [-0.1, -0.05) is 11.6 Å². The van der Waals surface area contributed by atoms with Crippen LogP contribution in [0.25, 0.3) is 0 Å². The van der Waals surface area contributed by atoms with Crippen molar-refractivity contribution in [3.63, 3.8) is 0 Å². The SMILES string of the molecule is COc1ccc(Cl)cc1C(=O)Nc1cnc(N2CCOCC2)nc1. The Morgan fingerprint density at radius 1 is 1.29 bits per heavy atom. The Morgan fingerprint density at radius 2 is 2.00 bits per heavy atom. The van der Waals surface area contributed by atoms with E-state index in [1.165, 1.54) is 7.11 Å². The number of methoxy groups -OCH3 is 1. The molecule has 3 rings (SSSR count). The summed E-state index contributed by atoms with van der Waals surface area (Å²) in [5, 5.41) is 3.20. The largest absolute Gasteiger partial charge is 0.496 e. The van der Waals surface area contributed by atoms with E-state index in [4.69, 9.17) is 21.1 Å². The second-order valence-electron chi connectivity index (χ2n) is 5.17. The molecule has 0 aliphatic carbocycles. The van der Waals surface area contributed by atoms with Gasteiger partial charge in [0.05, 0.1) is 44.0 Å². The molecule has 1 N–H and O–H groups in total. The van der Waals surface area contributed by atoms with Gasteiger partial charge in [-0.15, -0.1) is 0 Å². The average Bonchev–Trinajstić information content (AvgIpc) is 2.63. The highest BCUT2D eigenvalue weighted by Crippen LogP contribution is 2.23. The number of amides is 1. The first kappa shape index (κ1) is 16.5. The molecule has 0 saturated carbocycles. The minimum absolute atomic E-state index is 0.336. The van der Waals surface area contributed by atoms with Crippen LogP contribution in [0.4, 0.5) is 11.6 Å². The zero-order valence-electron chi connectivity index (χ0n) is 13.2. The number of halogens is 1. The first-order valence-electron chi connectivity index (χ1n) is 7.47. The number of ether oxygens (including phenoxy) is 2. The fourth-order valence-electron chi connectivity index (χ4n) is 2.37. The van der Waals surface area contributed by atoms with E-state index in [0.717, 1.165) is 13.1 Å². The molecule has 2 aromatic rings. The summed E-state index contributed by atoms with van der Waals surface area (Å²) in [6.07, 6.45) is 3.15. The van der Waals surface area contributed by atoms with Crippen LogP contribution in [0.3, 0.4) is 0 Å². The van der Waals surface area contributed by atoms with Crippen molar-refractivity contribution >= 4 is 29.1 Å². The van der Waals surface area contributed by atoms with E-state index in [2.05, 4.69) is 15.3 Å². The van der Waals surface area contributed by atoms with Crippen molar-refractivity contribution in [2.75, 3.05) is 43.6 Å². The first-order chi connectivity index (χ1) is 11.7. The van der Waals surface area contributed by atoms with Gasteiger partial charge in [-0.3, -0.25) is 4.79 Å². The maximum Gasteiger partial charge on any atom is 0.259 e. The molecule has 0 atom stereocenters. The molecule has 1 saturated heterocycles. The van der Waals surface area contributed by atoms with Crippen LogP contribution < -0.4 is 15.0 Å². The van der Waals surface area contributed by atoms with Gasteiger partial charge in [0, 0.05) is 18.1 Å². The monoisotopic (exact) mass is 348 g/mol. The summed E-state index contributed by atoms with van der Waals surface area (Å²) in [4.78, 5) is 23.0. The van der Waals surface area contributed by atoms with Gasteiger partial charge in [-0.2, -0.15) is 0 Å². The molecule has 1 aliphatic heterocycles. The summed E-state index contributed by atoms with van der Waals surface area (Å²) >= 11 is 5.95. The van der Waals surface area contributed by atoms with Gasteiger partial charge in [0.25, 0.3) is 5.91 Å². The Morgan fingerprint density at radius 3 is 2.67 bits per heavy atom. The minimum atomic E-state index is -0.336. The summed E-state index contributed by atoms with van der Waals surface area (Å²) in [7, 11) is 1.50. The fourth-order valence-corrected chi connectivity index (χ4v) is 2.54. The van der Waals surface area contributed by atoms with E-state index in [1.807, 2.05) is 4.90 Å². The van der Waals surface area contributed by atoms with Gasteiger partial charge < -0.3 is 19.7 Å². The summed E-state index contributed by atoms with van der Waals surface area (Å²) < 4.78 is 10.5. The van der Waals surface area contributed by atoms with Gasteiger partial charge in [0.2, 0.25) is 5.95 Å². The molecule has 126 valence electrons. The lowest BCUT2D eigenvalue weighted by Crippen LogP contribution is -2.37. The highest BCUT2D eigenvalue weighted by atomic mass is 35.5. The van der Waals surface area contributed by atoms with Crippen LogP contribution in [0.15, 0.2) is 30.6 Å². The van der Waals surface area contributed by atoms with E-state index in [1.54, 1.807) is 30.6 Å². The topological polar surface area (TPSA) is 76.6 Å². The van der Waals surface area contributed by atoms with Crippen molar-refractivity contribution in [1.29, 1.82) is 0 Å². The average molecular weight is 349 g/mol. The number of hydrogen-bond acceptors (Lipinski definition) is 6. The predicted molar refractivity (Wildman–Crippen MR) is 91.0 cm³/mol. The van der Waals surface area contributed by atoms with Gasteiger partial charge in [-0.25, -0.2) is 9.97 Å². The summed E-state index contributed by atoms with van der Waals surface area (Å²) in [6.45, 7) is 2.84. The Balaban J connectivity index is 1.71. The van der Waals surface area contributed by atoms with Gasteiger partial charge in [0.1, 0.15) is 5.75 Å². The Kier molecular flexibility index (Phi) is 5.12. The number of morpholine rings is 1. The lowest BCUT2D eigenvalue weighted by atomic mass is 10.2. The van der Waals surface area contributed by atoms with Crippen LogP contribution in [0.1, 0.15) is 10.4 Å². The molecule has 2 heterocycles. The molecule has 1 aromatic carbocycles. The molecule has 1 fully saturated rings. The van der Waals surface area contributed by atoms with Crippen molar-refractivity contribution in [1.82, 2.24) is 9.97 Å². The Hall–Kier alpha value is -2.38. The quantitative estimate of drug-likeness (QED) is 0.913. The van der Waals surface area contributed by atoms with Crippen LogP contribution in [-0.4, -0.2) is 49.3 Å². The molecular formula is C16H17ClN4O3. The van der Waals surface area contributed by atoms with Crippen molar-refractivity contribution in [3.05, 3.63) is 41.2 Å². The number of rotatable bonds is 4. The van der Waals surface area contributed by atoms with E-state index in [9.17, 15) is 4.79 Å². The second kappa shape index (κ2) is 7.46. The number of nitrogens with one attached hydrogen (secondary N) is 1. The van der Waals surface area contributed by atoms with Crippen LogP contribution in [0.2, 0.25) is 5.02 Å². The number of nitrogens with zero attached hydrogens (tertiary/aromatic N) is 3. The van der Waals surface area contributed by atoms with Gasteiger partial charge >= 0.3 is 0 Å². The van der Waals surface area contributed by atoms with Crippen molar-refractivity contribution in [2.24, 2.45) is 0 Å². The number of anilines is 2. The number of aromatic nitrogens is 2. The number of benzene rings is 1. The number of carbonyl (C=O) groups is 1. The minimum Gasteiger partial charge on any atom is -0.496 e. The van der Waals surface area contributed by atoms with E-state index >= 15 is 0 Å². The van der Waals surface area contributed by atoms with E-state index in [-0.39, 0.29) is 5.91 Å². The third-order valence-electron chi connectivity index (χ3n) is 3.60. The number of carbonyl (C=O) groups excluding carboxylic acids is 1. The molecule has 0 unspecified atom stereocenters. The van der Waals surface area contributed by atoms with Crippen LogP contribution in [0.5, 0.6) is 5.75 Å². The smallest absolute Gasteiger partial charge is 0.259 e. The Labute approximate surface area is 144 Å². The molecule has 1 aliphatic rings.